The van der Waals surface area contributed by atoms with Crippen molar-refractivity contribution < 1.29 is 22.1 Å². The second kappa shape index (κ2) is 10.5. The summed E-state index contributed by atoms with van der Waals surface area (Å²) in [5.74, 6) is -1.72. The van der Waals surface area contributed by atoms with Crippen molar-refractivity contribution in [2.75, 3.05) is 11.1 Å². The number of sulfone groups is 1. The van der Waals surface area contributed by atoms with E-state index in [4.69, 9.17) is 16.1 Å². The highest BCUT2D eigenvalue weighted by Gasteiger charge is 2.21. The van der Waals surface area contributed by atoms with Gasteiger partial charge in [0.2, 0.25) is 5.91 Å². The second-order valence-corrected chi connectivity index (χ2v) is 10.5. The van der Waals surface area contributed by atoms with E-state index in [-0.39, 0.29) is 28.9 Å². The molecule has 0 aliphatic carbocycles. The normalized spacial score (nSPS) is 11.4. The Morgan fingerprint density at radius 1 is 1.05 bits per heavy atom. The van der Waals surface area contributed by atoms with Crippen molar-refractivity contribution in [3.63, 3.8) is 0 Å². The average Bonchev–Trinajstić information content (AvgIpc) is 3.56. The molecule has 0 spiro atoms. The minimum Gasteiger partial charge on any atom is -0.364 e. The maximum absolute atomic E-state index is 14.3. The predicted octanol–water partition coefficient (Wildman–Crippen LogP) is 4.25. The van der Waals surface area contributed by atoms with Crippen molar-refractivity contribution in [1.82, 2.24) is 24.9 Å². The van der Waals surface area contributed by atoms with E-state index in [2.05, 4.69) is 25.5 Å². The number of carbonyl (C=O) groups is 1. The van der Waals surface area contributed by atoms with Gasteiger partial charge in [0.1, 0.15) is 35.0 Å². The lowest BCUT2D eigenvalue weighted by Crippen LogP contribution is -2.23. The number of halogens is 2. The molecule has 1 amide bonds. The molecule has 38 heavy (non-hydrogen) atoms. The quantitative estimate of drug-likeness (QED) is 0.302. The van der Waals surface area contributed by atoms with Crippen LogP contribution in [-0.2, 0) is 21.2 Å². The number of amides is 1. The SMILES string of the molecule is O=C(CS(=O)(=O)c1ccc(Cl)cc1)Nc1ccnc(-c2cc(-c3ccon3)n(Cc3ccccc3F)n2)n1. The molecule has 0 radical (unpaired) electrons. The summed E-state index contributed by atoms with van der Waals surface area (Å²) < 4.78 is 45.9. The van der Waals surface area contributed by atoms with Crippen LogP contribution in [0.15, 0.2) is 88.6 Å². The van der Waals surface area contributed by atoms with Crippen molar-refractivity contribution in [3.05, 3.63) is 95.6 Å². The minimum atomic E-state index is -3.90. The fraction of sp³-hybridized carbons (Fsp3) is 0.0800. The van der Waals surface area contributed by atoms with Crippen LogP contribution < -0.4 is 5.32 Å². The van der Waals surface area contributed by atoms with E-state index in [0.717, 1.165) is 0 Å². The Bertz CT molecular complexity index is 1710. The van der Waals surface area contributed by atoms with Gasteiger partial charge in [0.25, 0.3) is 0 Å². The Balaban J connectivity index is 1.39. The Morgan fingerprint density at radius 2 is 1.84 bits per heavy atom. The summed E-state index contributed by atoms with van der Waals surface area (Å²) in [6.07, 6.45) is 2.80. The summed E-state index contributed by atoms with van der Waals surface area (Å²) in [5.41, 5.74) is 1.74. The maximum Gasteiger partial charge on any atom is 0.241 e. The summed E-state index contributed by atoms with van der Waals surface area (Å²) in [4.78, 5) is 21.0. The molecule has 0 saturated heterocycles. The number of benzene rings is 2. The average molecular weight is 553 g/mol. The number of anilines is 1. The van der Waals surface area contributed by atoms with Crippen LogP contribution in [0.2, 0.25) is 5.02 Å². The molecule has 0 bridgehead atoms. The van der Waals surface area contributed by atoms with Crippen molar-refractivity contribution in [2.45, 2.75) is 11.4 Å². The highest BCUT2D eigenvalue weighted by molar-refractivity contribution is 7.92. The third kappa shape index (κ3) is 5.61. The first-order valence-electron chi connectivity index (χ1n) is 11.1. The second-order valence-electron chi connectivity index (χ2n) is 8.08. The van der Waals surface area contributed by atoms with Crippen LogP contribution in [0.3, 0.4) is 0 Å². The van der Waals surface area contributed by atoms with Crippen LogP contribution in [0.25, 0.3) is 22.9 Å². The Labute approximate surface area is 221 Å². The Morgan fingerprint density at radius 3 is 2.58 bits per heavy atom. The first-order chi connectivity index (χ1) is 18.3. The molecule has 5 aromatic rings. The molecule has 3 aromatic heterocycles. The first-order valence-corrected chi connectivity index (χ1v) is 13.1. The molecule has 1 N–H and O–H groups in total. The van der Waals surface area contributed by atoms with Gasteiger partial charge in [0.05, 0.1) is 17.1 Å². The van der Waals surface area contributed by atoms with Crippen LogP contribution in [0.4, 0.5) is 10.2 Å². The van der Waals surface area contributed by atoms with Crippen LogP contribution >= 0.6 is 11.6 Å². The predicted molar refractivity (Wildman–Crippen MR) is 136 cm³/mol. The lowest BCUT2D eigenvalue weighted by atomic mass is 10.2. The van der Waals surface area contributed by atoms with Gasteiger partial charge in [-0.15, -0.1) is 0 Å². The number of hydrogen-bond acceptors (Lipinski definition) is 8. The van der Waals surface area contributed by atoms with Gasteiger partial charge in [-0.3, -0.25) is 9.48 Å². The lowest BCUT2D eigenvalue weighted by Gasteiger charge is -2.07. The smallest absolute Gasteiger partial charge is 0.241 e. The fourth-order valence-electron chi connectivity index (χ4n) is 3.61. The van der Waals surface area contributed by atoms with E-state index in [1.165, 1.54) is 48.9 Å². The summed E-state index contributed by atoms with van der Waals surface area (Å²) in [7, 11) is -3.90. The molecule has 0 fully saturated rings. The van der Waals surface area contributed by atoms with E-state index in [1.807, 2.05) is 0 Å². The lowest BCUT2D eigenvalue weighted by molar-refractivity contribution is -0.113. The summed E-state index contributed by atoms with van der Waals surface area (Å²) in [6, 6.07) is 16.6. The third-order valence-electron chi connectivity index (χ3n) is 5.40. The molecule has 13 heteroatoms. The monoisotopic (exact) mass is 552 g/mol. The Hall–Kier alpha value is -4.42. The van der Waals surface area contributed by atoms with Gasteiger partial charge >= 0.3 is 0 Å². The molecule has 5 rings (SSSR count). The van der Waals surface area contributed by atoms with E-state index in [0.29, 0.717) is 27.7 Å². The van der Waals surface area contributed by atoms with E-state index >= 15 is 0 Å². The van der Waals surface area contributed by atoms with Gasteiger partial charge in [-0.2, -0.15) is 5.10 Å². The molecule has 10 nitrogen and oxygen atoms in total. The Kier molecular flexibility index (Phi) is 6.99. The zero-order chi connectivity index (χ0) is 26.7. The molecule has 0 saturated carbocycles. The van der Waals surface area contributed by atoms with Gasteiger partial charge in [-0.1, -0.05) is 35.0 Å². The largest absolute Gasteiger partial charge is 0.364 e. The fourth-order valence-corrected chi connectivity index (χ4v) is 4.87. The zero-order valence-corrected chi connectivity index (χ0v) is 21.0. The summed E-state index contributed by atoms with van der Waals surface area (Å²) >= 11 is 5.81. The van der Waals surface area contributed by atoms with Gasteiger partial charge < -0.3 is 9.84 Å². The highest BCUT2D eigenvalue weighted by Crippen LogP contribution is 2.25. The number of hydrogen-bond donors (Lipinski definition) is 1. The first kappa shape index (κ1) is 25.2. The maximum atomic E-state index is 14.3. The van der Waals surface area contributed by atoms with Crippen LogP contribution in [-0.4, -0.2) is 45.0 Å². The minimum absolute atomic E-state index is 0.0267. The molecule has 0 unspecified atom stereocenters. The van der Waals surface area contributed by atoms with Crippen molar-refractivity contribution in [3.8, 4) is 22.9 Å². The van der Waals surface area contributed by atoms with Crippen LogP contribution in [0, 0.1) is 5.82 Å². The molecule has 2 aromatic carbocycles. The van der Waals surface area contributed by atoms with Crippen LogP contribution in [0.5, 0.6) is 0 Å². The van der Waals surface area contributed by atoms with Crippen molar-refractivity contribution in [1.29, 1.82) is 0 Å². The third-order valence-corrected chi connectivity index (χ3v) is 7.29. The standard InChI is InChI=1S/C25H18ClFN6O4S/c26-17-5-7-18(8-6-17)38(35,36)15-24(34)29-23-9-11-28-25(30-23)21-13-22(20-10-12-37-32-20)33(31-21)14-16-3-1-2-4-19(16)27/h1-13H,14-15H2,(H,28,29,30,34). The van der Waals surface area contributed by atoms with Crippen LogP contribution in [0.1, 0.15) is 5.56 Å². The molecular formula is C25H18ClFN6O4S. The molecule has 192 valence electrons. The summed E-state index contributed by atoms with van der Waals surface area (Å²) in [5, 5.41) is 11.3. The molecule has 0 atom stereocenters. The molecular weight excluding hydrogens is 535 g/mol. The van der Waals surface area contributed by atoms with Crippen molar-refractivity contribution >= 4 is 33.2 Å². The van der Waals surface area contributed by atoms with Gasteiger partial charge in [0.15, 0.2) is 15.7 Å². The van der Waals surface area contributed by atoms with E-state index < -0.39 is 21.5 Å². The van der Waals surface area contributed by atoms with Gasteiger partial charge in [0, 0.05) is 22.8 Å². The molecule has 0 aliphatic rings. The van der Waals surface area contributed by atoms with Gasteiger partial charge in [-0.25, -0.2) is 22.8 Å². The van der Waals surface area contributed by atoms with Crippen molar-refractivity contribution in [2.24, 2.45) is 0 Å². The highest BCUT2D eigenvalue weighted by atomic mass is 35.5. The number of carbonyl (C=O) groups excluding carboxylic acids is 1. The zero-order valence-electron chi connectivity index (χ0n) is 19.5. The van der Waals surface area contributed by atoms with E-state index in [9.17, 15) is 17.6 Å². The molecule has 3 heterocycles. The van der Waals surface area contributed by atoms with E-state index in [1.54, 1.807) is 35.0 Å². The number of nitrogens with one attached hydrogen (secondary N) is 1. The number of nitrogens with zero attached hydrogens (tertiary/aromatic N) is 5. The number of rotatable bonds is 8. The topological polar surface area (TPSA) is 133 Å². The van der Waals surface area contributed by atoms with Gasteiger partial charge in [-0.05, 0) is 42.5 Å². The molecule has 0 aliphatic heterocycles. The summed E-state index contributed by atoms with van der Waals surface area (Å²) in [6.45, 7) is 0.105. The number of aromatic nitrogens is 5.